The van der Waals surface area contributed by atoms with Gasteiger partial charge in [-0.2, -0.15) is 0 Å². The first-order chi connectivity index (χ1) is 3.89. The summed E-state index contributed by atoms with van der Waals surface area (Å²) in [5.74, 6) is 0. The molecule has 8 heavy (non-hydrogen) atoms. The minimum atomic E-state index is -0.112. The number of hydrogen-bond acceptors (Lipinski definition) is 1. The topological polar surface area (TPSA) is 41.1 Å². The standard InChI is InChI=1S/C5H8N2O/c8-5-6-3-1-2-4-7-5/h1,3H,2,4H2,(H2,6,7,8). The van der Waals surface area contributed by atoms with Crippen LogP contribution in [-0.4, -0.2) is 12.6 Å². The van der Waals surface area contributed by atoms with E-state index in [2.05, 4.69) is 10.6 Å². The lowest BCUT2D eigenvalue weighted by atomic mass is 10.4. The van der Waals surface area contributed by atoms with Gasteiger partial charge in [-0.3, -0.25) is 0 Å². The highest BCUT2D eigenvalue weighted by Crippen LogP contribution is 1.82. The van der Waals surface area contributed by atoms with E-state index >= 15 is 0 Å². The van der Waals surface area contributed by atoms with Gasteiger partial charge in [0.05, 0.1) is 0 Å². The molecule has 44 valence electrons. The first-order valence-corrected chi connectivity index (χ1v) is 2.59. The first kappa shape index (κ1) is 5.15. The highest BCUT2D eigenvalue weighted by Gasteiger charge is 1.96. The van der Waals surface area contributed by atoms with Crippen LogP contribution in [-0.2, 0) is 0 Å². The molecule has 0 spiro atoms. The number of nitrogens with one attached hydrogen (secondary N) is 2. The van der Waals surface area contributed by atoms with Crippen molar-refractivity contribution >= 4 is 6.03 Å². The summed E-state index contributed by atoms with van der Waals surface area (Å²) in [6, 6.07) is -0.112. The molecule has 3 nitrogen and oxygen atoms in total. The summed E-state index contributed by atoms with van der Waals surface area (Å²) in [6.45, 7) is 0.738. The first-order valence-electron chi connectivity index (χ1n) is 2.59. The minimum absolute atomic E-state index is 0.112. The lowest BCUT2D eigenvalue weighted by Gasteiger charge is -1.95. The fraction of sp³-hybridized carbons (Fsp3) is 0.400. The number of hydrogen-bond donors (Lipinski definition) is 2. The Morgan fingerprint density at radius 2 is 2.50 bits per heavy atom. The Kier molecular flexibility index (Phi) is 1.51. The maximum absolute atomic E-state index is 10.4. The molecule has 0 atom stereocenters. The fourth-order valence-electron chi connectivity index (χ4n) is 0.538. The van der Waals surface area contributed by atoms with Gasteiger partial charge >= 0.3 is 6.03 Å². The van der Waals surface area contributed by atoms with E-state index in [9.17, 15) is 4.79 Å². The van der Waals surface area contributed by atoms with Crippen LogP contribution in [0.2, 0.25) is 0 Å². The zero-order chi connectivity index (χ0) is 5.82. The molecule has 0 aromatic rings. The molecule has 1 aliphatic rings. The van der Waals surface area contributed by atoms with Crippen LogP contribution in [0, 0.1) is 0 Å². The third kappa shape index (κ3) is 1.26. The Morgan fingerprint density at radius 3 is 3.38 bits per heavy atom. The van der Waals surface area contributed by atoms with E-state index in [4.69, 9.17) is 0 Å². The van der Waals surface area contributed by atoms with Crippen LogP contribution >= 0.6 is 0 Å². The Morgan fingerprint density at radius 1 is 1.62 bits per heavy atom. The molecule has 2 amide bonds. The lowest BCUT2D eigenvalue weighted by Crippen LogP contribution is -2.30. The van der Waals surface area contributed by atoms with Gasteiger partial charge < -0.3 is 10.6 Å². The van der Waals surface area contributed by atoms with Crippen molar-refractivity contribution < 1.29 is 4.79 Å². The quantitative estimate of drug-likeness (QED) is 0.462. The molecule has 0 aliphatic carbocycles. The van der Waals surface area contributed by atoms with Crippen molar-refractivity contribution in [2.45, 2.75) is 6.42 Å². The van der Waals surface area contributed by atoms with Gasteiger partial charge in [-0.05, 0) is 6.42 Å². The van der Waals surface area contributed by atoms with Gasteiger partial charge in [0.15, 0.2) is 0 Å². The second-order valence-corrected chi connectivity index (χ2v) is 1.59. The monoisotopic (exact) mass is 112 g/mol. The fourth-order valence-corrected chi connectivity index (χ4v) is 0.538. The average molecular weight is 112 g/mol. The van der Waals surface area contributed by atoms with Crippen molar-refractivity contribution in [1.29, 1.82) is 0 Å². The van der Waals surface area contributed by atoms with Crippen molar-refractivity contribution in [2.75, 3.05) is 6.54 Å². The molecule has 1 aliphatic heterocycles. The summed E-state index contributed by atoms with van der Waals surface area (Å²) in [5, 5.41) is 5.15. The van der Waals surface area contributed by atoms with Crippen molar-refractivity contribution in [3.05, 3.63) is 12.3 Å². The van der Waals surface area contributed by atoms with E-state index in [-0.39, 0.29) is 6.03 Å². The Bertz CT molecular complexity index is 120. The molecule has 1 heterocycles. The molecule has 0 bridgehead atoms. The molecule has 0 radical (unpaired) electrons. The second-order valence-electron chi connectivity index (χ2n) is 1.59. The summed E-state index contributed by atoms with van der Waals surface area (Å²) < 4.78 is 0. The predicted octanol–water partition coefficient (Wildman–Crippen LogP) is 0.203. The van der Waals surface area contributed by atoms with Gasteiger partial charge in [-0.15, -0.1) is 0 Å². The summed E-state index contributed by atoms with van der Waals surface area (Å²) >= 11 is 0. The average Bonchev–Trinajstić information content (AvgIpc) is 1.94. The van der Waals surface area contributed by atoms with Gasteiger partial charge in [0.1, 0.15) is 0 Å². The van der Waals surface area contributed by atoms with Crippen LogP contribution in [0.4, 0.5) is 4.79 Å². The molecule has 0 aromatic carbocycles. The third-order valence-electron chi connectivity index (χ3n) is 0.929. The van der Waals surface area contributed by atoms with Gasteiger partial charge in [-0.1, -0.05) is 6.08 Å². The van der Waals surface area contributed by atoms with Gasteiger partial charge in [0.2, 0.25) is 0 Å². The largest absolute Gasteiger partial charge is 0.338 e. The minimum Gasteiger partial charge on any atom is -0.338 e. The summed E-state index contributed by atoms with van der Waals surface area (Å²) in [7, 11) is 0. The number of carbonyl (C=O) groups is 1. The van der Waals surface area contributed by atoms with E-state index in [0.717, 1.165) is 13.0 Å². The molecule has 0 aromatic heterocycles. The van der Waals surface area contributed by atoms with Crippen LogP contribution in [0.25, 0.3) is 0 Å². The zero-order valence-electron chi connectivity index (χ0n) is 4.48. The van der Waals surface area contributed by atoms with E-state index in [1.807, 2.05) is 6.08 Å². The number of rotatable bonds is 0. The van der Waals surface area contributed by atoms with Crippen LogP contribution in [0.5, 0.6) is 0 Å². The molecule has 0 saturated carbocycles. The third-order valence-corrected chi connectivity index (χ3v) is 0.929. The van der Waals surface area contributed by atoms with Gasteiger partial charge in [0.25, 0.3) is 0 Å². The highest BCUT2D eigenvalue weighted by atomic mass is 16.2. The summed E-state index contributed by atoms with van der Waals surface area (Å²) in [6.07, 6.45) is 4.49. The van der Waals surface area contributed by atoms with E-state index in [0.29, 0.717) is 0 Å². The number of amides is 2. The van der Waals surface area contributed by atoms with Gasteiger partial charge in [-0.25, -0.2) is 4.79 Å². The Labute approximate surface area is 47.8 Å². The SMILES string of the molecule is O=C1NC=CCCN1. The molecule has 0 fully saturated rings. The zero-order valence-corrected chi connectivity index (χ0v) is 4.48. The summed E-state index contributed by atoms with van der Waals surface area (Å²) in [4.78, 5) is 10.4. The van der Waals surface area contributed by atoms with Crippen LogP contribution in [0.3, 0.4) is 0 Å². The molecule has 0 saturated heterocycles. The van der Waals surface area contributed by atoms with Crippen LogP contribution in [0.15, 0.2) is 12.3 Å². The van der Waals surface area contributed by atoms with Crippen molar-refractivity contribution in [3.8, 4) is 0 Å². The molecular weight excluding hydrogens is 104 g/mol. The van der Waals surface area contributed by atoms with Gasteiger partial charge in [0, 0.05) is 12.7 Å². The molecule has 0 unspecified atom stereocenters. The lowest BCUT2D eigenvalue weighted by molar-refractivity contribution is 0.245. The smallest absolute Gasteiger partial charge is 0.318 e. The Balaban J connectivity index is 2.41. The maximum atomic E-state index is 10.4. The van der Waals surface area contributed by atoms with Crippen LogP contribution in [0.1, 0.15) is 6.42 Å². The number of urea groups is 1. The maximum Gasteiger partial charge on any atom is 0.318 e. The van der Waals surface area contributed by atoms with Crippen molar-refractivity contribution in [2.24, 2.45) is 0 Å². The van der Waals surface area contributed by atoms with Crippen molar-refractivity contribution in [3.63, 3.8) is 0 Å². The Hall–Kier alpha value is -0.990. The van der Waals surface area contributed by atoms with E-state index in [1.165, 1.54) is 0 Å². The second kappa shape index (κ2) is 2.35. The number of carbonyl (C=O) groups excluding carboxylic acids is 1. The molecule has 2 N–H and O–H groups in total. The molecule has 3 heteroatoms. The van der Waals surface area contributed by atoms with Crippen LogP contribution < -0.4 is 10.6 Å². The van der Waals surface area contributed by atoms with E-state index in [1.54, 1.807) is 6.20 Å². The van der Waals surface area contributed by atoms with Crippen molar-refractivity contribution in [1.82, 2.24) is 10.6 Å². The molecule has 1 rings (SSSR count). The highest BCUT2D eigenvalue weighted by molar-refractivity contribution is 5.75. The molecular formula is C5H8N2O. The predicted molar refractivity (Wildman–Crippen MR) is 30.3 cm³/mol. The normalized spacial score (nSPS) is 18.8. The summed E-state index contributed by atoms with van der Waals surface area (Å²) in [5.41, 5.74) is 0. The van der Waals surface area contributed by atoms with E-state index < -0.39 is 0 Å².